The molecule has 4 nitrogen and oxygen atoms in total. The lowest BCUT2D eigenvalue weighted by atomic mass is 10.1. The van der Waals surface area contributed by atoms with E-state index in [2.05, 4.69) is 16.4 Å². The van der Waals surface area contributed by atoms with Crippen molar-refractivity contribution in [1.82, 2.24) is 10.3 Å². The van der Waals surface area contributed by atoms with Crippen molar-refractivity contribution >= 4 is 40.2 Å². The molecule has 31 heavy (non-hydrogen) atoms. The number of ether oxygens (including phenoxy) is 1. The van der Waals surface area contributed by atoms with Crippen LogP contribution in [-0.4, -0.2) is 29.8 Å². The summed E-state index contributed by atoms with van der Waals surface area (Å²) in [6, 6.07) is 21.3. The summed E-state index contributed by atoms with van der Waals surface area (Å²) >= 11 is 7.48. The van der Waals surface area contributed by atoms with Crippen LogP contribution in [0.3, 0.4) is 0 Å². The first kappa shape index (κ1) is 21.3. The number of halogens is 2. The van der Waals surface area contributed by atoms with Crippen LogP contribution in [0.15, 0.2) is 77.7 Å². The Bertz CT molecular complexity index is 1180. The third-order valence-electron chi connectivity index (χ3n) is 4.65. The smallest absolute Gasteiger partial charge is 0.257 e. The fourth-order valence-corrected chi connectivity index (χ4v) is 4.34. The lowest BCUT2D eigenvalue weighted by Crippen LogP contribution is -2.30. The van der Waals surface area contributed by atoms with Crippen LogP contribution in [0, 0.1) is 5.82 Å². The SMILES string of the molecule is O=C(COc1ccc(Cl)cc1)NCCSc1c(-c2ccc(F)cc2)[nH]c2ccccc12. The molecule has 0 spiro atoms. The van der Waals surface area contributed by atoms with Gasteiger partial charge >= 0.3 is 0 Å². The van der Waals surface area contributed by atoms with Gasteiger partial charge in [-0.15, -0.1) is 11.8 Å². The van der Waals surface area contributed by atoms with Crippen molar-refractivity contribution in [3.8, 4) is 17.0 Å². The summed E-state index contributed by atoms with van der Waals surface area (Å²) in [6.07, 6.45) is 0. The van der Waals surface area contributed by atoms with E-state index in [4.69, 9.17) is 16.3 Å². The number of benzene rings is 3. The fraction of sp³-hybridized carbons (Fsp3) is 0.125. The summed E-state index contributed by atoms with van der Waals surface area (Å²) in [4.78, 5) is 16.6. The highest BCUT2D eigenvalue weighted by Crippen LogP contribution is 2.37. The number of H-pyrrole nitrogens is 1. The van der Waals surface area contributed by atoms with Gasteiger partial charge in [0.1, 0.15) is 11.6 Å². The minimum absolute atomic E-state index is 0.0553. The second kappa shape index (κ2) is 9.90. The van der Waals surface area contributed by atoms with Crippen LogP contribution in [-0.2, 0) is 4.79 Å². The molecule has 1 amide bonds. The summed E-state index contributed by atoms with van der Waals surface area (Å²) < 4.78 is 18.8. The number of hydrogen-bond donors (Lipinski definition) is 2. The molecule has 0 fully saturated rings. The molecule has 0 aliphatic heterocycles. The van der Waals surface area contributed by atoms with Gasteiger partial charge in [-0.25, -0.2) is 4.39 Å². The highest BCUT2D eigenvalue weighted by Gasteiger charge is 2.14. The Morgan fingerprint density at radius 3 is 2.55 bits per heavy atom. The molecule has 4 aromatic rings. The van der Waals surface area contributed by atoms with Crippen LogP contribution in [0.25, 0.3) is 22.2 Å². The van der Waals surface area contributed by atoms with Crippen LogP contribution < -0.4 is 10.1 Å². The zero-order valence-corrected chi connectivity index (χ0v) is 18.1. The molecule has 0 unspecified atom stereocenters. The summed E-state index contributed by atoms with van der Waals surface area (Å²) in [6.45, 7) is 0.441. The van der Waals surface area contributed by atoms with Gasteiger partial charge in [-0.3, -0.25) is 4.79 Å². The average molecular weight is 455 g/mol. The monoisotopic (exact) mass is 454 g/mol. The molecule has 1 aromatic heterocycles. The van der Waals surface area contributed by atoms with Crippen molar-refractivity contribution in [1.29, 1.82) is 0 Å². The summed E-state index contributed by atoms with van der Waals surface area (Å²) in [5, 5.41) is 4.59. The number of thioether (sulfide) groups is 1. The number of fused-ring (bicyclic) bond motifs is 1. The third kappa shape index (κ3) is 5.40. The van der Waals surface area contributed by atoms with Gasteiger partial charge in [0.15, 0.2) is 6.61 Å². The number of aromatic amines is 1. The van der Waals surface area contributed by atoms with Crippen molar-refractivity contribution < 1.29 is 13.9 Å². The van der Waals surface area contributed by atoms with Gasteiger partial charge in [0.25, 0.3) is 5.91 Å². The van der Waals surface area contributed by atoms with E-state index < -0.39 is 0 Å². The van der Waals surface area contributed by atoms with Crippen LogP contribution in [0.1, 0.15) is 0 Å². The van der Waals surface area contributed by atoms with Gasteiger partial charge in [0, 0.05) is 33.1 Å². The van der Waals surface area contributed by atoms with Crippen LogP contribution >= 0.6 is 23.4 Å². The molecule has 0 saturated heterocycles. The molecular weight excluding hydrogens is 435 g/mol. The molecule has 0 radical (unpaired) electrons. The van der Waals surface area contributed by atoms with Crippen LogP contribution in [0.4, 0.5) is 4.39 Å². The zero-order chi connectivity index (χ0) is 21.6. The van der Waals surface area contributed by atoms with E-state index in [9.17, 15) is 9.18 Å². The number of rotatable bonds is 8. The number of nitrogens with one attached hydrogen (secondary N) is 2. The van der Waals surface area contributed by atoms with Crippen molar-refractivity contribution in [2.75, 3.05) is 18.9 Å². The number of carbonyl (C=O) groups is 1. The molecule has 2 N–H and O–H groups in total. The molecule has 0 aliphatic rings. The van der Waals surface area contributed by atoms with Gasteiger partial charge in [0.2, 0.25) is 0 Å². The molecule has 4 rings (SSSR count). The number of aromatic nitrogens is 1. The summed E-state index contributed by atoms with van der Waals surface area (Å²) in [5.74, 6) is 0.824. The predicted octanol–water partition coefficient (Wildman–Crippen LogP) is 5.91. The van der Waals surface area contributed by atoms with E-state index in [1.165, 1.54) is 12.1 Å². The van der Waals surface area contributed by atoms with Gasteiger partial charge in [-0.2, -0.15) is 0 Å². The van der Waals surface area contributed by atoms with Crippen LogP contribution in [0.5, 0.6) is 5.75 Å². The van der Waals surface area contributed by atoms with Gasteiger partial charge in [-0.1, -0.05) is 29.8 Å². The highest BCUT2D eigenvalue weighted by molar-refractivity contribution is 7.99. The third-order valence-corrected chi connectivity index (χ3v) is 6.02. The summed E-state index contributed by atoms with van der Waals surface area (Å²) in [7, 11) is 0. The summed E-state index contributed by atoms with van der Waals surface area (Å²) in [5.41, 5.74) is 2.88. The van der Waals surface area contributed by atoms with Crippen molar-refractivity contribution in [2.24, 2.45) is 0 Å². The van der Waals surface area contributed by atoms with Gasteiger partial charge < -0.3 is 15.0 Å². The standard InChI is InChI=1S/C24H20ClFN2O2S/c25-17-7-11-19(12-8-17)30-15-22(29)27-13-14-31-24-20-3-1-2-4-21(20)28-23(24)16-5-9-18(26)10-6-16/h1-12,28H,13-15H2,(H,27,29). The van der Waals surface area contributed by atoms with Gasteiger partial charge in [-0.05, 0) is 60.2 Å². The van der Waals surface area contributed by atoms with E-state index in [0.29, 0.717) is 23.1 Å². The number of amides is 1. The maximum Gasteiger partial charge on any atom is 0.257 e. The van der Waals surface area contributed by atoms with Crippen molar-refractivity contribution in [3.63, 3.8) is 0 Å². The molecule has 1 heterocycles. The number of carbonyl (C=O) groups excluding carboxylic acids is 1. The second-order valence-electron chi connectivity index (χ2n) is 6.82. The Kier molecular flexibility index (Phi) is 6.79. The predicted molar refractivity (Wildman–Crippen MR) is 124 cm³/mol. The lowest BCUT2D eigenvalue weighted by molar-refractivity contribution is -0.122. The molecule has 0 bridgehead atoms. The number of para-hydroxylation sites is 1. The molecular formula is C24H20ClFN2O2S. The first-order valence-corrected chi connectivity index (χ1v) is 11.1. The maximum atomic E-state index is 13.3. The fourth-order valence-electron chi connectivity index (χ4n) is 3.16. The molecule has 0 atom stereocenters. The molecule has 158 valence electrons. The van der Waals surface area contributed by atoms with E-state index >= 15 is 0 Å². The minimum Gasteiger partial charge on any atom is -0.484 e. The van der Waals surface area contributed by atoms with Crippen molar-refractivity contribution in [2.45, 2.75) is 4.90 Å². The van der Waals surface area contributed by atoms with E-state index in [1.54, 1.807) is 48.2 Å². The molecule has 0 saturated carbocycles. The zero-order valence-electron chi connectivity index (χ0n) is 16.5. The lowest BCUT2D eigenvalue weighted by Gasteiger charge is -2.08. The van der Waals surface area contributed by atoms with Gasteiger partial charge in [0.05, 0.1) is 5.69 Å². The quantitative estimate of drug-likeness (QED) is 0.257. The maximum absolute atomic E-state index is 13.3. The Balaban J connectivity index is 1.36. The van der Waals surface area contributed by atoms with Crippen molar-refractivity contribution in [3.05, 3.63) is 83.6 Å². The first-order chi connectivity index (χ1) is 15.1. The molecule has 3 aromatic carbocycles. The molecule has 0 aliphatic carbocycles. The Morgan fingerprint density at radius 2 is 1.77 bits per heavy atom. The average Bonchev–Trinajstić information content (AvgIpc) is 3.15. The highest BCUT2D eigenvalue weighted by atomic mass is 35.5. The van der Waals surface area contributed by atoms with E-state index in [-0.39, 0.29) is 18.3 Å². The molecule has 7 heteroatoms. The normalized spacial score (nSPS) is 10.9. The topological polar surface area (TPSA) is 54.1 Å². The van der Waals surface area contributed by atoms with Crippen LogP contribution in [0.2, 0.25) is 5.02 Å². The first-order valence-electron chi connectivity index (χ1n) is 9.74. The second-order valence-corrected chi connectivity index (χ2v) is 8.36. The van der Waals surface area contributed by atoms with E-state index in [1.807, 2.05) is 18.2 Å². The Hall–Kier alpha value is -2.96. The minimum atomic E-state index is -0.266. The largest absolute Gasteiger partial charge is 0.484 e. The Labute approximate surface area is 188 Å². The number of hydrogen-bond acceptors (Lipinski definition) is 3. The Morgan fingerprint density at radius 1 is 1.03 bits per heavy atom. The van der Waals surface area contributed by atoms with E-state index in [0.717, 1.165) is 27.1 Å².